The Morgan fingerprint density at radius 3 is 2.50 bits per heavy atom. The number of nitrogens with two attached hydrogens (primary N) is 1. The summed E-state index contributed by atoms with van der Waals surface area (Å²) in [6, 6.07) is 6.21. The maximum absolute atomic E-state index is 11.2. The minimum Gasteiger partial charge on any atom is -0.508 e. The molecule has 18 heavy (non-hydrogen) atoms. The Balaban J connectivity index is 2.42. The summed E-state index contributed by atoms with van der Waals surface area (Å²) < 4.78 is 0. The molecule has 2 aromatic rings. The second kappa shape index (κ2) is 4.89. The van der Waals surface area contributed by atoms with Crippen molar-refractivity contribution in [3.63, 3.8) is 0 Å². The average molecular weight is 262 g/mol. The Bertz CT molecular complexity index is 602. The van der Waals surface area contributed by atoms with Crippen LogP contribution < -0.4 is 5.73 Å². The molecular formula is C12H10N2O3S. The third-order valence-electron chi connectivity index (χ3n) is 2.23. The first-order chi connectivity index (χ1) is 8.56. The predicted molar refractivity (Wildman–Crippen MR) is 70.1 cm³/mol. The van der Waals surface area contributed by atoms with Crippen molar-refractivity contribution in [1.29, 1.82) is 0 Å². The van der Waals surface area contributed by atoms with E-state index in [2.05, 4.69) is 4.98 Å². The van der Waals surface area contributed by atoms with Crippen LogP contribution in [-0.2, 0) is 4.79 Å². The summed E-state index contributed by atoms with van der Waals surface area (Å²) in [4.78, 5) is 15.1. The molecule has 0 amide bonds. The van der Waals surface area contributed by atoms with Crippen LogP contribution in [0.3, 0.4) is 0 Å². The molecule has 0 aliphatic carbocycles. The molecule has 0 aliphatic rings. The molecule has 2 rings (SSSR count). The van der Waals surface area contributed by atoms with E-state index in [1.807, 2.05) is 0 Å². The van der Waals surface area contributed by atoms with Gasteiger partial charge in [-0.2, -0.15) is 0 Å². The van der Waals surface area contributed by atoms with E-state index in [0.29, 0.717) is 16.4 Å². The van der Waals surface area contributed by atoms with Gasteiger partial charge >= 0.3 is 5.97 Å². The first-order valence-corrected chi connectivity index (χ1v) is 5.89. The smallest absolute Gasteiger partial charge is 0.337 e. The monoisotopic (exact) mass is 262 g/mol. The molecule has 1 aromatic heterocycles. The largest absolute Gasteiger partial charge is 0.508 e. The summed E-state index contributed by atoms with van der Waals surface area (Å²) in [5.41, 5.74) is 6.54. The van der Waals surface area contributed by atoms with Crippen molar-refractivity contribution in [3.05, 3.63) is 40.9 Å². The van der Waals surface area contributed by atoms with Gasteiger partial charge < -0.3 is 15.9 Å². The van der Waals surface area contributed by atoms with Crippen molar-refractivity contribution in [2.45, 2.75) is 0 Å². The summed E-state index contributed by atoms with van der Waals surface area (Å²) in [6.45, 7) is 0. The van der Waals surface area contributed by atoms with Gasteiger partial charge in [-0.1, -0.05) is 12.1 Å². The minimum atomic E-state index is -1.08. The summed E-state index contributed by atoms with van der Waals surface area (Å²) in [5.74, 6) is -0.949. The number of benzene rings is 1. The molecule has 0 aliphatic heterocycles. The molecule has 0 radical (unpaired) electrons. The Morgan fingerprint density at radius 2 is 2.00 bits per heavy atom. The molecule has 0 spiro atoms. The second-order valence-corrected chi connectivity index (χ2v) is 4.42. The molecule has 0 unspecified atom stereocenters. The van der Waals surface area contributed by atoms with Gasteiger partial charge in [-0.25, -0.2) is 9.78 Å². The van der Waals surface area contributed by atoms with E-state index >= 15 is 0 Å². The van der Waals surface area contributed by atoms with Crippen LogP contribution in [-0.4, -0.2) is 21.2 Å². The quantitative estimate of drug-likeness (QED) is 0.736. The van der Waals surface area contributed by atoms with Crippen molar-refractivity contribution < 1.29 is 15.0 Å². The van der Waals surface area contributed by atoms with Crippen molar-refractivity contribution in [2.75, 3.05) is 5.73 Å². The van der Waals surface area contributed by atoms with Crippen LogP contribution in [0.4, 0.5) is 5.13 Å². The number of nitrogen functional groups attached to an aromatic ring is 1. The van der Waals surface area contributed by atoms with Crippen LogP contribution in [0.15, 0.2) is 29.6 Å². The average Bonchev–Trinajstić information content (AvgIpc) is 2.74. The van der Waals surface area contributed by atoms with Crippen LogP contribution >= 0.6 is 11.3 Å². The highest BCUT2D eigenvalue weighted by Crippen LogP contribution is 2.22. The number of carbonyl (C=O) groups is 1. The fourth-order valence-electron chi connectivity index (χ4n) is 1.39. The number of nitrogens with zero attached hydrogens (tertiary/aromatic N) is 1. The zero-order valence-corrected chi connectivity index (χ0v) is 10.0. The van der Waals surface area contributed by atoms with E-state index in [0.717, 1.165) is 0 Å². The maximum Gasteiger partial charge on any atom is 0.337 e. The van der Waals surface area contributed by atoms with Crippen molar-refractivity contribution in [3.8, 4) is 5.75 Å². The molecule has 1 heterocycles. The molecule has 0 saturated carbocycles. The fraction of sp³-hybridized carbons (Fsp3) is 0. The number of aromatic nitrogens is 1. The minimum absolute atomic E-state index is 0.0636. The number of phenolic OH excluding ortho intramolecular Hbond substituents is 1. The summed E-state index contributed by atoms with van der Waals surface area (Å²) in [5, 5.41) is 20.2. The van der Waals surface area contributed by atoms with Gasteiger partial charge in [0.2, 0.25) is 0 Å². The Labute approximate surface area is 107 Å². The molecule has 92 valence electrons. The number of hydrogen-bond donors (Lipinski definition) is 3. The van der Waals surface area contributed by atoms with Crippen molar-refractivity contribution in [2.24, 2.45) is 0 Å². The molecule has 0 bridgehead atoms. The number of aromatic hydroxyl groups is 1. The van der Waals surface area contributed by atoms with E-state index in [1.165, 1.54) is 29.5 Å². The van der Waals surface area contributed by atoms with Gasteiger partial charge in [-0.15, -0.1) is 11.3 Å². The third-order valence-corrected chi connectivity index (χ3v) is 2.91. The first kappa shape index (κ1) is 12.1. The second-order valence-electron chi connectivity index (χ2n) is 3.53. The Morgan fingerprint density at radius 1 is 1.33 bits per heavy atom. The van der Waals surface area contributed by atoms with Gasteiger partial charge in [-0.3, -0.25) is 0 Å². The summed E-state index contributed by atoms with van der Waals surface area (Å²) in [7, 11) is 0. The van der Waals surface area contributed by atoms with Crippen LogP contribution in [0.25, 0.3) is 11.6 Å². The SMILES string of the molecule is Nc1nc(/C(=C/c2ccc(O)cc2)C(=O)O)cs1. The molecule has 0 saturated heterocycles. The molecular weight excluding hydrogens is 252 g/mol. The highest BCUT2D eigenvalue weighted by Gasteiger charge is 2.13. The number of thiazole rings is 1. The topological polar surface area (TPSA) is 96.4 Å². The summed E-state index contributed by atoms with van der Waals surface area (Å²) >= 11 is 1.19. The van der Waals surface area contributed by atoms with Crippen molar-refractivity contribution >= 4 is 34.1 Å². The number of rotatable bonds is 3. The predicted octanol–water partition coefficient (Wildman–Crippen LogP) is 2.06. The van der Waals surface area contributed by atoms with E-state index in [9.17, 15) is 4.79 Å². The zero-order chi connectivity index (χ0) is 13.1. The van der Waals surface area contributed by atoms with Gasteiger partial charge in [0.05, 0.1) is 11.3 Å². The molecule has 0 fully saturated rings. The highest BCUT2D eigenvalue weighted by molar-refractivity contribution is 7.13. The molecule has 6 heteroatoms. The van der Waals surface area contributed by atoms with Crippen LogP contribution in [0.2, 0.25) is 0 Å². The van der Waals surface area contributed by atoms with E-state index in [4.69, 9.17) is 15.9 Å². The van der Waals surface area contributed by atoms with Crippen LogP contribution in [0.1, 0.15) is 11.3 Å². The van der Waals surface area contributed by atoms with Gasteiger partial charge in [0.25, 0.3) is 0 Å². The van der Waals surface area contributed by atoms with Gasteiger partial charge in [0.15, 0.2) is 5.13 Å². The standard InChI is InChI=1S/C12H10N2O3S/c13-12-14-10(6-18-12)9(11(16)17)5-7-1-3-8(15)4-2-7/h1-6,15H,(H2,13,14)(H,16,17)/b9-5-. The third kappa shape index (κ3) is 2.67. The lowest BCUT2D eigenvalue weighted by Gasteiger charge is -1.99. The van der Waals surface area contributed by atoms with E-state index in [1.54, 1.807) is 17.5 Å². The summed E-state index contributed by atoms with van der Waals surface area (Å²) in [6.07, 6.45) is 1.48. The lowest BCUT2D eigenvalue weighted by Crippen LogP contribution is -2.00. The first-order valence-electron chi connectivity index (χ1n) is 5.01. The highest BCUT2D eigenvalue weighted by atomic mass is 32.1. The number of aliphatic carboxylic acids is 1. The normalized spacial score (nSPS) is 11.4. The molecule has 5 nitrogen and oxygen atoms in total. The maximum atomic E-state index is 11.2. The molecule has 1 aromatic carbocycles. The number of carboxylic acid groups (broad SMARTS) is 1. The fourth-order valence-corrected chi connectivity index (χ4v) is 1.96. The van der Waals surface area contributed by atoms with Crippen LogP contribution in [0.5, 0.6) is 5.75 Å². The van der Waals surface area contributed by atoms with Gasteiger partial charge in [-0.05, 0) is 23.8 Å². The van der Waals surface area contributed by atoms with Crippen LogP contribution in [0, 0.1) is 0 Å². The number of carboxylic acids is 1. The molecule has 4 N–H and O–H groups in total. The lowest BCUT2D eigenvalue weighted by atomic mass is 10.1. The van der Waals surface area contributed by atoms with E-state index in [-0.39, 0.29) is 11.3 Å². The number of anilines is 1. The van der Waals surface area contributed by atoms with E-state index < -0.39 is 5.97 Å². The Hall–Kier alpha value is -2.34. The van der Waals surface area contributed by atoms with Crippen molar-refractivity contribution in [1.82, 2.24) is 4.98 Å². The Kier molecular flexibility index (Phi) is 3.29. The zero-order valence-electron chi connectivity index (χ0n) is 9.20. The number of phenols is 1. The number of hydrogen-bond acceptors (Lipinski definition) is 5. The lowest BCUT2D eigenvalue weighted by molar-refractivity contribution is -0.130. The van der Waals surface area contributed by atoms with Gasteiger partial charge in [0.1, 0.15) is 5.75 Å². The molecule has 0 atom stereocenters. The van der Waals surface area contributed by atoms with Gasteiger partial charge in [0, 0.05) is 5.38 Å².